The van der Waals surface area contributed by atoms with Gasteiger partial charge in [-0.05, 0) is 24.3 Å². The van der Waals surface area contributed by atoms with Gasteiger partial charge in [0.2, 0.25) is 4.80 Å². The minimum Gasteiger partial charge on any atom is -0.463 e. The Morgan fingerprint density at radius 2 is 1.95 bits per heavy atom. The van der Waals surface area contributed by atoms with Gasteiger partial charge in [-0.2, -0.15) is 9.78 Å². The smallest absolute Gasteiger partial charge is 0.206 e. The van der Waals surface area contributed by atoms with Crippen LogP contribution in [0, 0.1) is 5.41 Å². The number of fused-ring (bicyclic) bond motifs is 2. The summed E-state index contributed by atoms with van der Waals surface area (Å²) < 4.78 is 6.66. The fourth-order valence-electron chi connectivity index (χ4n) is 2.00. The maximum atomic E-state index is 8.02. The molecule has 102 valence electrons. The van der Waals surface area contributed by atoms with Crippen LogP contribution in [0.15, 0.2) is 52.2 Å². The van der Waals surface area contributed by atoms with Crippen molar-refractivity contribution in [1.82, 2.24) is 14.6 Å². The van der Waals surface area contributed by atoms with Gasteiger partial charge >= 0.3 is 0 Å². The Morgan fingerprint density at radius 3 is 2.71 bits per heavy atom. The fraction of sp³-hybridized carbons (Fsp3) is 0. The van der Waals surface area contributed by atoms with Crippen LogP contribution in [-0.4, -0.2) is 20.9 Å². The van der Waals surface area contributed by atoms with Crippen molar-refractivity contribution in [2.75, 3.05) is 0 Å². The molecule has 0 fully saturated rings. The molecule has 0 aliphatic heterocycles. The molecule has 0 radical (unpaired) electrons. The number of hydrogen-bond donors (Lipinski definition) is 1. The second-order valence-corrected chi connectivity index (χ2v) is 5.30. The van der Waals surface area contributed by atoms with Crippen LogP contribution in [0.3, 0.4) is 0 Å². The first-order valence-corrected chi connectivity index (χ1v) is 7.04. The zero-order chi connectivity index (χ0) is 14.2. The minimum atomic E-state index is 0.267. The lowest BCUT2D eigenvalue weighted by Gasteiger charge is -1.98. The highest BCUT2D eigenvalue weighted by atomic mass is 32.1. The van der Waals surface area contributed by atoms with Crippen LogP contribution in [0.2, 0.25) is 0 Å². The van der Waals surface area contributed by atoms with E-state index in [2.05, 4.69) is 15.1 Å². The maximum absolute atomic E-state index is 8.02. The van der Waals surface area contributed by atoms with Crippen LogP contribution in [0.5, 0.6) is 0 Å². The van der Waals surface area contributed by atoms with Gasteiger partial charge < -0.3 is 4.42 Å². The van der Waals surface area contributed by atoms with Gasteiger partial charge in [-0.25, -0.2) is 9.97 Å². The summed E-state index contributed by atoms with van der Waals surface area (Å²) in [5.41, 5.74) is 2.17. The number of para-hydroxylation sites is 2. The zero-order valence-corrected chi connectivity index (χ0v) is 11.5. The molecule has 0 spiro atoms. The summed E-state index contributed by atoms with van der Waals surface area (Å²) in [5.74, 6) is 0.620. The van der Waals surface area contributed by atoms with E-state index in [9.17, 15) is 0 Å². The molecule has 0 unspecified atom stereocenters. The van der Waals surface area contributed by atoms with Crippen molar-refractivity contribution in [3.05, 3.63) is 53.2 Å². The Balaban J connectivity index is 1.94. The highest BCUT2D eigenvalue weighted by Crippen LogP contribution is 2.17. The Hall–Kier alpha value is -2.80. The summed E-state index contributed by atoms with van der Waals surface area (Å²) in [4.78, 5) is 10.0. The van der Waals surface area contributed by atoms with Crippen LogP contribution in [0.25, 0.3) is 21.5 Å². The predicted octanol–water partition coefficient (Wildman–Crippen LogP) is 2.60. The molecule has 4 rings (SSSR count). The van der Waals surface area contributed by atoms with Crippen molar-refractivity contribution in [1.29, 1.82) is 5.41 Å². The normalized spacial score (nSPS) is 11.8. The zero-order valence-electron chi connectivity index (χ0n) is 10.7. The minimum absolute atomic E-state index is 0.267. The van der Waals surface area contributed by atoms with E-state index in [0.29, 0.717) is 16.2 Å². The molecule has 7 heteroatoms. The van der Waals surface area contributed by atoms with Gasteiger partial charge in [-0.15, -0.1) is 0 Å². The van der Waals surface area contributed by atoms with Crippen molar-refractivity contribution < 1.29 is 4.42 Å². The third kappa shape index (κ3) is 2.03. The van der Waals surface area contributed by atoms with Crippen molar-refractivity contribution in [2.24, 2.45) is 5.10 Å². The van der Waals surface area contributed by atoms with Crippen LogP contribution in [0.4, 0.5) is 0 Å². The molecule has 0 aliphatic carbocycles. The molecule has 0 atom stereocenters. The first-order valence-electron chi connectivity index (χ1n) is 6.22. The molecule has 0 saturated heterocycles. The molecule has 0 aliphatic rings. The lowest BCUT2D eigenvalue weighted by atomic mass is 10.3. The third-order valence-electron chi connectivity index (χ3n) is 2.95. The summed E-state index contributed by atoms with van der Waals surface area (Å²) in [6.45, 7) is 0. The van der Waals surface area contributed by atoms with Gasteiger partial charge in [0, 0.05) is 0 Å². The molecule has 1 N–H and O–H groups in total. The predicted molar refractivity (Wildman–Crippen MR) is 80.5 cm³/mol. The van der Waals surface area contributed by atoms with Gasteiger partial charge in [-0.1, -0.05) is 23.5 Å². The lowest BCUT2D eigenvalue weighted by molar-refractivity contribution is 0.559. The average Bonchev–Trinajstić information content (AvgIpc) is 3.10. The number of nitrogens with zero attached hydrogens (tertiary/aromatic N) is 4. The number of nitrogens with one attached hydrogen (secondary N) is 1. The number of furan rings is 1. The second kappa shape index (κ2) is 4.64. The lowest BCUT2D eigenvalue weighted by Crippen LogP contribution is -2.08. The van der Waals surface area contributed by atoms with Gasteiger partial charge in [0.15, 0.2) is 10.5 Å². The number of aromatic nitrogens is 3. The summed E-state index contributed by atoms with van der Waals surface area (Å²) >= 11 is 1.24. The molecular formula is C14H9N5OS. The van der Waals surface area contributed by atoms with E-state index in [4.69, 9.17) is 9.83 Å². The van der Waals surface area contributed by atoms with Crippen molar-refractivity contribution in [3.63, 3.8) is 0 Å². The fourth-order valence-corrected chi connectivity index (χ4v) is 2.77. The van der Waals surface area contributed by atoms with Gasteiger partial charge in [0.05, 0.1) is 23.5 Å². The van der Waals surface area contributed by atoms with Crippen LogP contribution < -0.4 is 4.80 Å². The highest BCUT2D eigenvalue weighted by Gasteiger charge is 2.09. The average molecular weight is 295 g/mol. The van der Waals surface area contributed by atoms with Gasteiger partial charge in [0.25, 0.3) is 0 Å². The van der Waals surface area contributed by atoms with Crippen LogP contribution in [0.1, 0.15) is 5.76 Å². The topological polar surface area (TPSA) is 80.1 Å². The summed E-state index contributed by atoms with van der Waals surface area (Å²) in [6.07, 6.45) is 3.13. The Kier molecular flexibility index (Phi) is 2.65. The first-order chi connectivity index (χ1) is 10.3. The van der Waals surface area contributed by atoms with E-state index >= 15 is 0 Å². The molecule has 0 bridgehead atoms. The van der Waals surface area contributed by atoms with E-state index in [-0.39, 0.29) is 4.80 Å². The molecular weight excluding hydrogens is 286 g/mol. The molecule has 6 nitrogen and oxygen atoms in total. The van der Waals surface area contributed by atoms with Crippen molar-refractivity contribution >= 4 is 39.1 Å². The summed E-state index contributed by atoms with van der Waals surface area (Å²) in [6, 6.07) is 11.2. The number of rotatable bonds is 2. The van der Waals surface area contributed by atoms with E-state index in [1.165, 1.54) is 16.0 Å². The molecule has 21 heavy (non-hydrogen) atoms. The standard InChI is InChI=1S/C14H9N5OS/c15-14-19(16-8-9-4-3-7-20-9)12-13(21-14)18-11-6-2-1-5-10(11)17-12/h1-8,15H/b15-14?,16-8-. The van der Waals surface area contributed by atoms with Crippen LogP contribution in [-0.2, 0) is 0 Å². The second-order valence-electron chi connectivity index (χ2n) is 4.32. The number of benzene rings is 1. The van der Waals surface area contributed by atoms with E-state index in [1.54, 1.807) is 24.6 Å². The summed E-state index contributed by atoms with van der Waals surface area (Å²) in [5, 5.41) is 12.3. The molecule has 0 amide bonds. The van der Waals surface area contributed by atoms with E-state index < -0.39 is 0 Å². The molecule has 3 aromatic heterocycles. The maximum Gasteiger partial charge on any atom is 0.206 e. The number of thiazole rings is 1. The van der Waals surface area contributed by atoms with Gasteiger partial charge in [0.1, 0.15) is 5.76 Å². The molecule has 1 aromatic carbocycles. The monoisotopic (exact) mass is 295 g/mol. The SMILES string of the molecule is N=c1sc2nc3ccccc3nc2n1/N=C\c1ccco1. The Morgan fingerprint density at radius 1 is 1.14 bits per heavy atom. The van der Waals surface area contributed by atoms with Crippen molar-refractivity contribution in [2.45, 2.75) is 0 Å². The first kappa shape index (κ1) is 12.0. The van der Waals surface area contributed by atoms with Crippen molar-refractivity contribution in [3.8, 4) is 0 Å². The van der Waals surface area contributed by atoms with Gasteiger partial charge in [-0.3, -0.25) is 5.41 Å². The summed E-state index contributed by atoms with van der Waals surface area (Å²) in [7, 11) is 0. The van der Waals surface area contributed by atoms with E-state index in [0.717, 1.165) is 11.0 Å². The molecule has 3 heterocycles. The number of hydrogen-bond acceptors (Lipinski definition) is 6. The van der Waals surface area contributed by atoms with Crippen LogP contribution >= 0.6 is 11.3 Å². The Bertz CT molecular complexity index is 1010. The largest absolute Gasteiger partial charge is 0.463 e. The van der Waals surface area contributed by atoms with E-state index in [1.807, 2.05) is 24.3 Å². The Labute approximate surface area is 122 Å². The molecule has 4 aromatic rings. The third-order valence-corrected chi connectivity index (χ3v) is 3.78. The highest BCUT2D eigenvalue weighted by molar-refractivity contribution is 7.15. The quantitative estimate of drug-likeness (QED) is 0.577. The molecule has 0 saturated carbocycles.